The molecule has 1 heteroatoms. The Bertz CT molecular complexity index is 187. The second-order valence-electron chi connectivity index (χ2n) is 4.61. The van der Waals surface area contributed by atoms with Crippen LogP contribution in [-0.4, -0.2) is 6.54 Å². The highest BCUT2D eigenvalue weighted by molar-refractivity contribution is 5.08. The first kappa shape index (κ1) is 11.6. The maximum atomic E-state index is 3.43. The average molecular weight is 195 g/mol. The van der Waals surface area contributed by atoms with Gasteiger partial charge >= 0.3 is 0 Å². The van der Waals surface area contributed by atoms with E-state index >= 15 is 0 Å². The lowest BCUT2D eigenvalue weighted by atomic mass is 9.69. The molecule has 1 fully saturated rings. The molecule has 1 saturated carbocycles. The molecule has 14 heavy (non-hydrogen) atoms. The van der Waals surface area contributed by atoms with E-state index in [-0.39, 0.29) is 0 Å². The van der Waals surface area contributed by atoms with E-state index < -0.39 is 0 Å². The largest absolute Gasteiger partial charge is 0.390 e. The van der Waals surface area contributed by atoms with Crippen molar-refractivity contribution in [2.24, 2.45) is 5.41 Å². The summed E-state index contributed by atoms with van der Waals surface area (Å²) in [6.45, 7) is 7.48. The molecule has 2 aliphatic rings. The summed E-state index contributed by atoms with van der Waals surface area (Å²) in [5.41, 5.74) is 2.19. The molecule has 0 radical (unpaired) electrons. The zero-order valence-electron chi connectivity index (χ0n) is 10.0. The van der Waals surface area contributed by atoms with Crippen molar-refractivity contribution >= 4 is 0 Å². The highest BCUT2D eigenvalue weighted by Crippen LogP contribution is 2.41. The number of hydrogen-bond donors (Lipinski definition) is 1. The fraction of sp³-hybridized carbons (Fsp3) is 0.846. The number of nitrogens with one attached hydrogen (secondary N) is 1. The van der Waals surface area contributed by atoms with Crippen LogP contribution in [0.1, 0.15) is 59.3 Å². The Morgan fingerprint density at radius 2 is 1.79 bits per heavy atom. The summed E-state index contributed by atoms with van der Waals surface area (Å²) in [6, 6.07) is 0. The quantitative estimate of drug-likeness (QED) is 0.619. The minimum Gasteiger partial charge on any atom is -0.390 e. The molecule has 0 bridgehead atoms. The van der Waals surface area contributed by atoms with Crippen LogP contribution in [0.4, 0.5) is 0 Å². The van der Waals surface area contributed by atoms with Crippen molar-refractivity contribution in [3.63, 3.8) is 0 Å². The summed E-state index contributed by atoms with van der Waals surface area (Å²) < 4.78 is 0. The van der Waals surface area contributed by atoms with Gasteiger partial charge in [-0.15, -0.1) is 0 Å². The summed E-state index contributed by atoms with van der Waals surface area (Å²) in [4.78, 5) is 0. The molecule has 1 aliphatic carbocycles. The first-order valence-corrected chi connectivity index (χ1v) is 6.20. The summed E-state index contributed by atoms with van der Waals surface area (Å²) >= 11 is 0. The van der Waals surface area contributed by atoms with Gasteiger partial charge in [-0.2, -0.15) is 0 Å². The summed E-state index contributed by atoms with van der Waals surface area (Å²) in [5, 5.41) is 3.43. The maximum Gasteiger partial charge on any atom is 0.0201 e. The Balaban J connectivity index is 0.000000461. The Labute approximate surface area is 89.0 Å². The van der Waals surface area contributed by atoms with Crippen LogP contribution in [0.2, 0.25) is 0 Å². The molecule has 1 heterocycles. The SMILES string of the molecule is CC.CC1=CNCC2(CCCCC2)C1. The van der Waals surface area contributed by atoms with Gasteiger partial charge < -0.3 is 5.32 Å². The van der Waals surface area contributed by atoms with Crippen LogP contribution in [0.15, 0.2) is 11.8 Å². The molecule has 1 nitrogen and oxygen atoms in total. The van der Waals surface area contributed by atoms with E-state index in [1.54, 1.807) is 5.57 Å². The van der Waals surface area contributed by atoms with Crippen LogP contribution in [0.5, 0.6) is 0 Å². The van der Waals surface area contributed by atoms with Crippen LogP contribution >= 0.6 is 0 Å². The van der Waals surface area contributed by atoms with Crippen LogP contribution < -0.4 is 5.32 Å². The average Bonchev–Trinajstić information content (AvgIpc) is 2.21. The second kappa shape index (κ2) is 5.43. The van der Waals surface area contributed by atoms with E-state index in [0.29, 0.717) is 5.41 Å². The fourth-order valence-corrected chi connectivity index (χ4v) is 2.80. The van der Waals surface area contributed by atoms with E-state index in [9.17, 15) is 0 Å². The highest BCUT2D eigenvalue weighted by Gasteiger charge is 2.33. The maximum absolute atomic E-state index is 3.43. The lowest BCUT2D eigenvalue weighted by molar-refractivity contribution is 0.178. The predicted molar refractivity (Wildman–Crippen MR) is 63.2 cm³/mol. The molecular weight excluding hydrogens is 170 g/mol. The summed E-state index contributed by atoms with van der Waals surface area (Å²) in [7, 11) is 0. The molecule has 1 N–H and O–H groups in total. The standard InChI is InChI=1S/C11H19N.C2H6/c1-10-7-11(9-12-8-10)5-3-2-4-6-11;1-2/h8,12H,2-7,9H2,1H3;1-2H3. The van der Waals surface area contributed by atoms with Gasteiger partial charge in [0, 0.05) is 6.54 Å². The Morgan fingerprint density at radius 3 is 2.36 bits per heavy atom. The monoisotopic (exact) mass is 195 g/mol. The Hall–Kier alpha value is -0.460. The van der Waals surface area contributed by atoms with Gasteiger partial charge in [0.1, 0.15) is 0 Å². The van der Waals surface area contributed by atoms with Crippen molar-refractivity contribution in [3.8, 4) is 0 Å². The van der Waals surface area contributed by atoms with Crippen molar-refractivity contribution in [2.75, 3.05) is 6.54 Å². The van der Waals surface area contributed by atoms with Crippen molar-refractivity contribution in [3.05, 3.63) is 11.8 Å². The smallest absolute Gasteiger partial charge is 0.0201 e. The minimum atomic E-state index is 0.650. The molecular formula is C13H25N. The Kier molecular flexibility index (Phi) is 4.50. The van der Waals surface area contributed by atoms with Crippen molar-refractivity contribution in [1.29, 1.82) is 0 Å². The molecule has 1 spiro atoms. The van der Waals surface area contributed by atoms with Crippen LogP contribution in [-0.2, 0) is 0 Å². The lowest BCUT2D eigenvalue weighted by Gasteiger charge is -2.40. The zero-order valence-corrected chi connectivity index (χ0v) is 10.0. The van der Waals surface area contributed by atoms with Gasteiger partial charge in [0.25, 0.3) is 0 Å². The molecule has 0 unspecified atom stereocenters. The van der Waals surface area contributed by atoms with Gasteiger partial charge in [-0.3, -0.25) is 0 Å². The molecule has 82 valence electrons. The van der Waals surface area contributed by atoms with Gasteiger partial charge in [-0.05, 0) is 37.8 Å². The van der Waals surface area contributed by atoms with E-state index in [2.05, 4.69) is 18.4 Å². The van der Waals surface area contributed by atoms with Gasteiger partial charge in [0.05, 0.1) is 0 Å². The van der Waals surface area contributed by atoms with Gasteiger partial charge in [-0.25, -0.2) is 0 Å². The first-order chi connectivity index (χ1) is 6.81. The van der Waals surface area contributed by atoms with Crippen LogP contribution in [0.25, 0.3) is 0 Å². The molecule has 0 aromatic rings. The molecule has 0 amide bonds. The van der Waals surface area contributed by atoms with E-state index in [4.69, 9.17) is 0 Å². The predicted octanol–water partition coefficient (Wildman–Crippen LogP) is 3.86. The summed E-state index contributed by atoms with van der Waals surface area (Å²) in [6.07, 6.45) is 10.8. The van der Waals surface area contributed by atoms with Crippen molar-refractivity contribution < 1.29 is 0 Å². The van der Waals surface area contributed by atoms with Crippen LogP contribution in [0, 0.1) is 5.41 Å². The Morgan fingerprint density at radius 1 is 1.14 bits per heavy atom. The van der Waals surface area contributed by atoms with Gasteiger partial charge in [0.15, 0.2) is 0 Å². The molecule has 0 saturated heterocycles. The van der Waals surface area contributed by atoms with E-state index in [1.165, 1.54) is 45.1 Å². The second-order valence-corrected chi connectivity index (χ2v) is 4.61. The number of hydrogen-bond acceptors (Lipinski definition) is 1. The third-order valence-corrected chi connectivity index (χ3v) is 3.39. The number of rotatable bonds is 0. The third kappa shape index (κ3) is 2.76. The summed E-state index contributed by atoms with van der Waals surface area (Å²) in [5.74, 6) is 0. The molecule has 0 aromatic carbocycles. The van der Waals surface area contributed by atoms with E-state index in [1.807, 2.05) is 13.8 Å². The molecule has 0 atom stereocenters. The lowest BCUT2D eigenvalue weighted by Crippen LogP contribution is -2.37. The van der Waals surface area contributed by atoms with Gasteiger partial charge in [0.2, 0.25) is 0 Å². The van der Waals surface area contributed by atoms with E-state index in [0.717, 1.165) is 0 Å². The molecule has 0 aromatic heterocycles. The topological polar surface area (TPSA) is 12.0 Å². The third-order valence-electron chi connectivity index (χ3n) is 3.39. The van der Waals surface area contributed by atoms with Crippen molar-refractivity contribution in [2.45, 2.75) is 59.3 Å². The molecule has 1 aliphatic heterocycles. The number of allylic oxidation sites excluding steroid dienone is 1. The van der Waals surface area contributed by atoms with Crippen LogP contribution in [0.3, 0.4) is 0 Å². The highest BCUT2D eigenvalue weighted by atomic mass is 14.9. The van der Waals surface area contributed by atoms with Crippen molar-refractivity contribution in [1.82, 2.24) is 5.32 Å². The van der Waals surface area contributed by atoms with Gasteiger partial charge in [-0.1, -0.05) is 38.7 Å². The zero-order chi connectivity index (χ0) is 10.4. The fourth-order valence-electron chi connectivity index (χ4n) is 2.80. The minimum absolute atomic E-state index is 0.650. The normalized spacial score (nSPS) is 24.4. The molecule has 2 rings (SSSR count). The first-order valence-electron chi connectivity index (χ1n) is 6.20.